The van der Waals surface area contributed by atoms with Crippen LogP contribution in [0, 0.1) is 6.92 Å². The second-order valence-electron chi connectivity index (χ2n) is 12.1. The van der Waals surface area contributed by atoms with Crippen molar-refractivity contribution < 1.29 is 0 Å². The maximum absolute atomic E-state index is 5.30. The summed E-state index contributed by atoms with van der Waals surface area (Å²) in [6.45, 7) is 2.12. The molecule has 0 unspecified atom stereocenters. The maximum Gasteiger partial charge on any atom is 0.161 e. The number of hydrogen-bond donors (Lipinski definition) is 0. The zero-order valence-electron chi connectivity index (χ0n) is 25.9. The summed E-state index contributed by atoms with van der Waals surface area (Å²) in [5.41, 5.74) is 8.37. The zero-order valence-corrected chi connectivity index (χ0v) is 25.9. The van der Waals surface area contributed by atoms with E-state index in [1.54, 1.807) is 0 Å². The number of hydrogen-bond acceptors (Lipinski definition) is 3. The Balaban J connectivity index is 1.32. The minimum Gasteiger partial charge on any atom is -0.264 e. The molecule has 220 valence electrons. The van der Waals surface area contributed by atoms with Crippen molar-refractivity contribution in [3.05, 3.63) is 164 Å². The Kier molecular flexibility index (Phi) is 6.36. The average molecular weight is 600 g/mol. The molecule has 9 aromatic rings. The van der Waals surface area contributed by atoms with Gasteiger partial charge in [-0.05, 0) is 79.3 Å². The van der Waals surface area contributed by atoms with Crippen molar-refractivity contribution in [3.63, 3.8) is 0 Å². The van der Waals surface area contributed by atoms with Crippen LogP contribution in [0.1, 0.15) is 5.56 Å². The van der Waals surface area contributed by atoms with Crippen LogP contribution < -0.4 is 0 Å². The summed E-state index contributed by atoms with van der Waals surface area (Å²) >= 11 is 0. The molecule has 0 bridgehead atoms. The van der Waals surface area contributed by atoms with Crippen molar-refractivity contribution in [1.82, 2.24) is 15.0 Å². The van der Waals surface area contributed by atoms with E-state index in [1.807, 2.05) is 24.5 Å². The van der Waals surface area contributed by atoms with Gasteiger partial charge in [0.05, 0.1) is 11.4 Å². The number of fused-ring (bicyclic) bond motifs is 8. The first-order valence-electron chi connectivity index (χ1n) is 15.9. The molecule has 47 heavy (non-hydrogen) atoms. The predicted octanol–water partition coefficient (Wildman–Crippen LogP) is 11.5. The second-order valence-corrected chi connectivity index (χ2v) is 12.1. The Bertz CT molecular complexity index is 2620. The number of benzene rings is 7. The van der Waals surface area contributed by atoms with Gasteiger partial charge in [0.2, 0.25) is 0 Å². The highest BCUT2D eigenvalue weighted by Gasteiger charge is 2.18. The van der Waals surface area contributed by atoms with Gasteiger partial charge in [-0.2, -0.15) is 0 Å². The van der Waals surface area contributed by atoms with E-state index in [0.29, 0.717) is 5.82 Å². The molecule has 2 aromatic heterocycles. The second kappa shape index (κ2) is 11.0. The van der Waals surface area contributed by atoms with Gasteiger partial charge in [-0.15, -0.1) is 0 Å². The Morgan fingerprint density at radius 1 is 0.404 bits per heavy atom. The highest BCUT2D eigenvalue weighted by atomic mass is 14.9. The van der Waals surface area contributed by atoms with Gasteiger partial charge >= 0.3 is 0 Å². The highest BCUT2D eigenvalue weighted by Crippen LogP contribution is 2.42. The first-order valence-corrected chi connectivity index (χ1v) is 15.9. The Morgan fingerprint density at radius 3 is 1.57 bits per heavy atom. The Hall–Kier alpha value is -6.19. The summed E-state index contributed by atoms with van der Waals surface area (Å²) in [6.07, 6.45) is 3.76. The summed E-state index contributed by atoms with van der Waals surface area (Å²) in [5, 5.41) is 9.82. The van der Waals surface area contributed by atoms with Crippen LogP contribution in [0.5, 0.6) is 0 Å². The third-order valence-corrected chi connectivity index (χ3v) is 9.32. The molecular formula is C44H29N3. The van der Waals surface area contributed by atoms with Gasteiger partial charge in [0.1, 0.15) is 0 Å². The molecule has 0 aliphatic heterocycles. The van der Waals surface area contributed by atoms with Crippen LogP contribution >= 0.6 is 0 Å². The van der Waals surface area contributed by atoms with E-state index < -0.39 is 0 Å². The normalized spacial score (nSPS) is 11.5. The topological polar surface area (TPSA) is 38.7 Å². The fraction of sp³-hybridized carbons (Fsp3) is 0.0227. The van der Waals surface area contributed by atoms with Gasteiger partial charge < -0.3 is 0 Å². The molecule has 0 amide bonds. The first-order chi connectivity index (χ1) is 23.2. The fourth-order valence-electron chi connectivity index (χ4n) is 7.01. The number of nitrogens with zero attached hydrogens (tertiary/aromatic N) is 3. The molecule has 7 aromatic carbocycles. The van der Waals surface area contributed by atoms with Crippen molar-refractivity contribution in [2.75, 3.05) is 0 Å². The number of aryl methyl sites for hydroxylation is 1. The summed E-state index contributed by atoms with van der Waals surface area (Å²) in [6, 6.07) is 51.6. The van der Waals surface area contributed by atoms with Gasteiger partial charge in [0.15, 0.2) is 5.82 Å². The van der Waals surface area contributed by atoms with Crippen molar-refractivity contribution in [3.8, 4) is 45.0 Å². The molecule has 0 saturated heterocycles. The lowest BCUT2D eigenvalue weighted by Gasteiger charge is -2.16. The molecule has 0 saturated carbocycles. The third-order valence-electron chi connectivity index (χ3n) is 9.32. The lowest BCUT2D eigenvalue weighted by atomic mass is 9.89. The molecule has 0 fully saturated rings. The Labute approximate surface area is 272 Å². The maximum atomic E-state index is 5.30. The van der Waals surface area contributed by atoms with Crippen LogP contribution in [0.4, 0.5) is 0 Å². The summed E-state index contributed by atoms with van der Waals surface area (Å²) in [7, 11) is 0. The van der Waals surface area contributed by atoms with Crippen LogP contribution in [0.3, 0.4) is 0 Å². The molecule has 2 heterocycles. The molecule has 3 heteroatoms. The fourth-order valence-corrected chi connectivity index (χ4v) is 7.01. The van der Waals surface area contributed by atoms with Crippen LogP contribution in [0.2, 0.25) is 0 Å². The van der Waals surface area contributed by atoms with Gasteiger partial charge in [0.25, 0.3) is 0 Å². The molecule has 3 nitrogen and oxygen atoms in total. The highest BCUT2D eigenvalue weighted by molar-refractivity contribution is 6.32. The SMILES string of the molecule is Cc1ccncc1-c1ccc(-c2cc(-c3ccccc3)nc(-c3cc4c5ccccc5c5ccccc5c4c4ccccc34)n2)cc1. The minimum absolute atomic E-state index is 0.712. The van der Waals surface area contributed by atoms with Crippen molar-refractivity contribution in [2.24, 2.45) is 0 Å². The van der Waals surface area contributed by atoms with Crippen LogP contribution in [-0.2, 0) is 0 Å². The first kappa shape index (κ1) is 27.1. The molecular weight excluding hydrogens is 571 g/mol. The van der Waals surface area contributed by atoms with Crippen LogP contribution in [-0.4, -0.2) is 15.0 Å². The van der Waals surface area contributed by atoms with E-state index >= 15 is 0 Å². The molecule has 0 aliphatic rings. The quantitative estimate of drug-likeness (QED) is 0.189. The van der Waals surface area contributed by atoms with E-state index in [0.717, 1.165) is 44.6 Å². The summed E-state index contributed by atoms with van der Waals surface area (Å²) in [4.78, 5) is 14.9. The summed E-state index contributed by atoms with van der Waals surface area (Å²) < 4.78 is 0. The standard InChI is InChI=1S/C44H29N3/c1-28-23-24-45-27-40(28)29-19-21-31(22-20-29)42-26-41(30-11-3-2-4-12-30)46-44(47-42)39-25-38-34-15-6-5-13-32(34)33-14-7-9-17-36(33)43(38)37-18-10-8-16-35(37)39/h2-27H,1H3. The van der Waals surface area contributed by atoms with Crippen molar-refractivity contribution in [2.45, 2.75) is 6.92 Å². The number of aromatic nitrogens is 3. The smallest absolute Gasteiger partial charge is 0.161 e. The largest absolute Gasteiger partial charge is 0.264 e. The average Bonchev–Trinajstić information content (AvgIpc) is 3.15. The summed E-state index contributed by atoms with van der Waals surface area (Å²) in [5.74, 6) is 0.712. The zero-order chi connectivity index (χ0) is 31.3. The van der Waals surface area contributed by atoms with E-state index in [1.165, 1.54) is 43.3 Å². The van der Waals surface area contributed by atoms with Gasteiger partial charge in [-0.25, -0.2) is 9.97 Å². The van der Waals surface area contributed by atoms with Gasteiger partial charge in [0, 0.05) is 34.6 Å². The molecule has 0 N–H and O–H groups in total. The van der Waals surface area contributed by atoms with Crippen molar-refractivity contribution in [1.29, 1.82) is 0 Å². The third kappa shape index (κ3) is 4.55. The molecule has 0 aliphatic carbocycles. The molecule has 0 radical (unpaired) electrons. The van der Waals surface area contributed by atoms with E-state index in [-0.39, 0.29) is 0 Å². The van der Waals surface area contributed by atoms with Gasteiger partial charge in [-0.1, -0.05) is 127 Å². The van der Waals surface area contributed by atoms with Crippen LogP contribution in [0.25, 0.3) is 88.1 Å². The lowest BCUT2D eigenvalue weighted by molar-refractivity contribution is 1.19. The molecule has 0 atom stereocenters. The monoisotopic (exact) mass is 599 g/mol. The minimum atomic E-state index is 0.712. The van der Waals surface area contributed by atoms with Crippen LogP contribution in [0.15, 0.2) is 158 Å². The molecule has 0 spiro atoms. The van der Waals surface area contributed by atoms with Gasteiger partial charge in [-0.3, -0.25) is 4.98 Å². The van der Waals surface area contributed by atoms with E-state index in [4.69, 9.17) is 9.97 Å². The predicted molar refractivity (Wildman–Crippen MR) is 196 cm³/mol. The van der Waals surface area contributed by atoms with Crippen molar-refractivity contribution >= 4 is 43.1 Å². The lowest BCUT2D eigenvalue weighted by Crippen LogP contribution is -1.97. The van der Waals surface area contributed by atoms with E-state index in [9.17, 15) is 0 Å². The number of pyridine rings is 1. The molecule has 9 rings (SSSR count). The number of rotatable bonds is 4. The Morgan fingerprint density at radius 2 is 0.915 bits per heavy atom. The van der Waals surface area contributed by atoms with E-state index in [2.05, 4.69) is 145 Å².